The minimum atomic E-state index is -0.671. The van der Waals surface area contributed by atoms with Gasteiger partial charge in [0, 0.05) is 19.0 Å². The number of rotatable bonds is 8. The van der Waals surface area contributed by atoms with E-state index < -0.39 is 11.9 Å². The molecule has 7 nitrogen and oxygen atoms in total. The summed E-state index contributed by atoms with van der Waals surface area (Å²) < 4.78 is 0. The average Bonchev–Trinajstić information content (AvgIpc) is 3.25. The zero-order valence-electron chi connectivity index (χ0n) is 19.7. The van der Waals surface area contributed by atoms with E-state index in [1.165, 1.54) is 0 Å². The minimum absolute atomic E-state index is 0.125. The highest BCUT2D eigenvalue weighted by Gasteiger charge is 2.29. The molecule has 1 saturated heterocycles. The SMILES string of the molecule is CC(C)C(N)C(=O)N1CCCC1C.NC(=O)[C@@H](Cc1ccc(-c2ccccc2)cc1)NC=O. The number of nitrogens with two attached hydrogens (primary N) is 2. The zero-order valence-corrected chi connectivity index (χ0v) is 19.7. The van der Waals surface area contributed by atoms with Crippen molar-refractivity contribution in [2.45, 2.75) is 58.2 Å². The van der Waals surface area contributed by atoms with Crippen molar-refractivity contribution in [3.63, 3.8) is 0 Å². The van der Waals surface area contributed by atoms with Crippen molar-refractivity contribution in [3.05, 3.63) is 60.2 Å². The summed E-state index contributed by atoms with van der Waals surface area (Å²) in [5.41, 5.74) is 14.2. The van der Waals surface area contributed by atoms with E-state index >= 15 is 0 Å². The molecule has 3 amide bonds. The molecule has 7 heteroatoms. The van der Waals surface area contributed by atoms with Crippen LogP contribution in [0.2, 0.25) is 0 Å². The molecule has 5 N–H and O–H groups in total. The van der Waals surface area contributed by atoms with Crippen LogP contribution < -0.4 is 16.8 Å². The summed E-state index contributed by atoms with van der Waals surface area (Å²) in [6.45, 7) is 6.96. The highest BCUT2D eigenvalue weighted by atomic mass is 16.2. The largest absolute Gasteiger partial charge is 0.368 e. The van der Waals surface area contributed by atoms with Crippen LogP contribution in [0.4, 0.5) is 0 Å². The third-order valence-electron chi connectivity index (χ3n) is 5.95. The number of hydrogen-bond acceptors (Lipinski definition) is 4. The van der Waals surface area contributed by atoms with Gasteiger partial charge in [-0.3, -0.25) is 14.4 Å². The lowest BCUT2D eigenvalue weighted by atomic mass is 10.0. The van der Waals surface area contributed by atoms with Gasteiger partial charge in [-0.25, -0.2) is 0 Å². The van der Waals surface area contributed by atoms with E-state index in [1.807, 2.05) is 73.3 Å². The third kappa shape index (κ3) is 7.71. The maximum Gasteiger partial charge on any atom is 0.240 e. The molecule has 1 heterocycles. The molecule has 2 unspecified atom stereocenters. The smallest absolute Gasteiger partial charge is 0.240 e. The predicted octanol–water partition coefficient (Wildman–Crippen LogP) is 2.48. The summed E-state index contributed by atoms with van der Waals surface area (Å²) in [6, 6.07) is 17.3. The molecule has 1 fully saturated rings. The summed E-state index contributed by atoms with van der Waals surface area (Å²) in [5.74, 6) is -0.176. The van der Waals surface area contributed by atoms with Gasteiger partial charge in [0.2, 0.25) is 18.2 Å². The Hall–Kier alpha value is -3.19. The number of carbonyl (C=O) groups is 3. The van der Waals surface area contributed by atoms with E-state index in [4.69, 9.17) is 11.5 Å². The number of carbonyl (C=O) groups excluding carboxylic acids is 3. The number of amides is 3. The second-order valence-electron chi connectivity index (χ2n) is 8.80. The average molecular weight is 453 g/mol. The first-order valence-corrected chi connectivity index (χ1v) is 11.4. The molecule has 2 aromatic rings. The Morgan fingerprint density at radius 2 is 1.70 bits per heavy atom. The Morgan fingerprint density at radius 1 is 1.09 bits per heavy atom. The molecule has 0 aliphatic carbocycles. The molecule has 178 valence electrons. The lowest BCUT2D eigenvalue weighted by Gasteiger charge is -2.26. The van der Waals surface area contributed by atoms with Crippen LogP contribution in [-0.4, -0.2) is 47.8 Å². The Morgan fingerprint density at radius 3 is 2.18 bits per heavy atom. The van der Waals surface area contributed by atoms with Crippen molar-refractivity contribution >= 4 is 18.2 Å². The molecule has 0 radical (unpaired) electrons. The highest BCUT2D eigenvalue weighted by Crippen LogP contribution is 2.20. The fourth-order valence-corrected chi connectivity index (χ4v) is 3.76. The molecule has 2 aromatic carbocycles. The molecule has 0 saturated carbocycles. The Labute approximate surface area is 196 Å². The van der Waals surface area contributed by atoms with Gasteiger partial charge >= 0.3 is 0 Å². The topological polar surface area (TPSA) is 119 Å². The zero-order chi connectivity index (χ0) is 24.4. The minimum Gasteiger partial charge on any atom is -0.368 e. The molecule has 3 atom stereocenters. The van der Waals surface area contributed by atoms with E-state index in [2.05, 4.69) is 12.2 Å². The second kappa shape index (κ2) is 12.7. The quantitative estimate of drug-likeness (QED) is 0.533. The standard InChI is InChI=1S/C16H16N2O2.C10H20N2O/c17-16(20)15(18-11-19)10-12-6-8-14(9-7-12)13-4-2-1-3-5-13;1-7(2)9(11)10(13)12-6-4-5-8(12)3/h1-9,11,15H,10H2,(H2,17,20)(H,18,19);7-9H,4-6,11H2,1-3H3/t15-;/m1./s1. The van der Waals surface area contributed by atoms with E-state index in [0.717, 1.165) is 36.1 Å². The molecule has 33 heavy (non-hydrogen) atoms. The summed E-state index contributed by atoms with van der Waals surface area (Å²) in [6.07, 6.45) is 3.13. The maximum absolute atomic E-state index is 11.8. The van der Waals surface area contributed by atoms with Crippen molar-refractivity contribution in [1.29, 1.82) is 0 Å². The molecule has 1 aliphatic rings. The van der Waals surface area contributed by atoms with Crippen LogP contribution in [0.25, 0.3) is 11.1 Å². The van der Waals surface area contributed by atoms with Gasteiger partial charge in [0.15, 0.2) is 0 Å². The molecule has 1 aliphatic heterocycles. The highest BCUT2D eigenvalue weighted by molar-refractivity contribution is 5.82. The van der Waals surface area contributed by atoms with Gasteiger partial charge in [-0.1, -0.05) is 68.4 Å². The molecule has 0 bridgehead atoms. The van der Waals surface area contributed by atoms with Crippen molar-refractivity contribution in [1.82, 2.24) is 10.2 Å². The summed E-state index contributed by atoms with van der Waals surface area (Å²) >= 11 is 0. The van der Waals surface area contributed by atoms with Crippen LogP contribution >= 0.6 is 0 Å². The van der Waals surface area contributed by atoms with Crippen molar-refractivity contribution in [2.24, 2.45) is 17.4 Å². The van der Waals surface area contributed by atoms with Crippen molar-refractivity contribution in [3.8, 4) is 11.1 Å². The van der Waals surface area contributed by atoms with Crippen LogP contribution in [0.1, 0.15) is 39.2 Å². The van der Waals surface area contributed by atoms with Gasteiger partial charge in [0.25, 0.3) is 0 Å². The Bertz CT molecular complexity index is 900. The van der Waals surface area contributed by atoms with Gasteiger partial charge in [-0.05, 0) is 42.4 Å². The molecule has 0 aromatic heterocycles. The van der Waals surface area contributed by atoms with E-state index in [-0.39, 0.29) is 17.9 Å². The predicted molar refractivity (Wildman–Crippen MR) is 131 cm³/mol. The normalized spacial score (nSPS) is 17.0. The maximum atomic E-state index is 11.8. The number of likely N-dealkylation sites (tertiary alicyclic amines) is 1. The fourth-order valence-electron chi connectivity index (χ4n) is 3.76. The van der Waals surface area contributed by atoms with Crippen LogP contribution in [0.15, 0.2) is 54.6 Å². The van der Waals surface area contributed by atoms with Crippen molar-refractivity contribution in [2.75, 3.05) is 6.54 Å². The van der Waals surface area contributed by atoms with Crippen LogP contribution in [-0.2, 0) is 20.8 Å². The first-order chi connectivity index (χ1) is 15.7. The number of benzene rings is 2. The first kappa shape index (κ1) is 26.1. The molecular weight excluding hydrogens is 416 g/mol. The van der Waals surface area contributed by atoms with Gasteiger partial charge < -0.3 is 21.7 Å². The summed E-state index contributed by atoms with van der Waals surface area (Å²) in [4.78, 5) is 35.3. The fraction of sp³-hybridized carbons (Fsp3) is 0.423. The molecule has 0 spiro atoms. The number of hydrogen-bond donors (Lipinski definition) is 3. The number of nitrogens with zero attached hydrogens (tertiary/aromatic N) is 1. The Kier molecular flexibility index (Phi) is 10.1. The van der Waals surface area contributed by atoms with E-state index in [0.29, 0.717) is 18.9 Å². The van der Waals surface area contributed by atoms with E-state index in [1.54, 1.807) is 0 Å². The summed E-state index contributed by atoms with van der Waals surface area (Å²) in [7, 11) is 0. The molecule has 3 rings (SSSR count). The lowest BCUT2D eigenvalue weighted by Crippen LogP contribution is -2.47. The van der Waals surface area contributed by atoms with Gasteiger partial charge in [0.1, 0.15) is 6.04 Å². The number of nitrogens with one attached hydrogen (secondary N) is 1. The number of primary amides is 1. The Balaban J connectivity index is 0.000000257. The van der Waals surface area contributed by atoms with Crippen molar-refractivity contribution < 1.29 is 14.4 Å². The van der Waals surface area contributed by atoms with Gasteiger partial charge in [-0.15, -0.1) is 0 Å². The first-order valence-electron chi connectivity index (χ1n) is 11.4. The summed E-state index contributed by atoms with van der Waals surface area (Å²) in [5, 5.41) is 2.42. The molecular formula is C26H36N4O3. The van der Waals surface area contributed by atoms with Crippen LogP contribution in [0, 0.1) is 5.92 Å². The van der Waals surface area contributed by atoms with Crippen LogP contribution in [0.3, 0.4) is 0 Å². The van der Waals surface area contributed by atoms with Crippen LogP contribution in [0.5, 0.6) is 0 Å². The van der Waals surface area contributed by atoms with Gasteiger partial charge in [0.05, 0.1) is 6.04 Å². The lowest BCUT2D eigenvalue weighted by molar-refractivity contribution is -0.134. The third-order valence-corrected chi connectivity index (χ3v) is 5.95. The second-order valence-corrected chi connectivity index (χ2v) is 8.80. The van der Waals surface area contributed by atoms with Gasteiger partial charge in [-0.2, -0.15) is 0 Å². The van der Waals surface area contributed by atoms with E-state index in [9.17, 15) is 14.4 Å². The monoisotopic (exact) mass is 452 g/mol.